The number of benzene rings is 1. The molecule has 0 saturated heterocycles. The molecule has 19 heavy (non-hydrogen) atoms. The van der Waals surface area contributed by atoms with Crippen LogP contribution in [0.15, 0.2) is 30.3 Å². The summed E-state index contributed by atoms with van der Waals surface area (Å²) in [5.74, 6) is 0. The van der Waals surface area contributed by atoms with Gasteiger partial charge in [0.15, 0.2) is 0 Å². The lowest BCUT2D eigenvalue weighted by Gasteiger charge is -2.35. The first kappa shape index (κ1) is 14.3. The molecule has 1 aliphatic carbocycles. The molecule has 106 valence electrons. The molecule has 0 aliphatic heterocycles. The summed E-state index contributed by atoms with van der Waals surface area (Å²) in [6.07, 6.45) is -2.64. The van der Waals surface area contributed by atoms with Crippen LogP contribution >= 0.6 is 0 Å². The minimum Gasteiger partial charge on any atom is -0.326 e. The van der Waals surface area contributed by atoms with Gasteiger partial charge in [0.1, 0.15) is 6.04 Å². The van der Waals surface area contributed by atoms with Crippen LogP contribution in [-0.4, -0.2) is 29.2 Å². The molecule has 1 aromatic rings. The molecule has 2 N–H and O–H groups in total. The lowest BCUT2D eigenvalue weighted by Crippen LogP contribution is -2.55. The quantitative estimate of drug-likeness (QED) is 0.893. The Morgan fingerprint density at radius 3 is 2.26 bits per heavy atom. The molecule has 0 spiro atoms. The van der Waals surface area contributed by atoms with Crippen LogP contribution in [0, 0.1) is 0 Å². The molecule has 2 rings (SSSR count). The molecule has 0 heterocycles. The number of hydrogen-bond donors (Lipinski definition) is 1. The molecule has 1 saturated carbocycles. The van der Waals surface area contributed by atoms with Crippen molar-refractivity contribution >= 4 is 0 Å². The molecule has 5 heteroatoms. The van der Waals surface area contributed by atoms with E-state index in [1.54, 1.807) is 0 Å². The molecule has 2 unspecified atom stereocenters. The van der Waals surface area contributed by atoms with Gasteiger partial charge < -0.3 is 5.73 Å². The molecule has 0 aromatic heterocycles. The average Bonchev–Trinajstić information content (AvgIpc) is 3.10. The van der Waals surface area contributed by atoms with Gasteiger partial charge in [0, 0.05) is 18.6 Å². The van der Waals surface area contributed by atoms with Crippen LogP contribution in [0.3, 0.4) is 0 Å². The number of nitrogens with zero attached hydrogens (tertiary/aromatic N) is 1. The van der Waals surface area contributed by atoms with Gasteiger partial charge in [0.05, 0.1) is 0 Å². The second-order valence-corrected chi connectivity index (χ2v) is 5.23. The van der Waals surface area contributed by atoms with Crippen LogP contribution in [0.2, 0.25) is 0 Å². The van der Waals surface area contributed by atoms with Crippen molar-refractivity contribution in [3.05, 3.63) is 35.9 Å². The predicted molar refractivity (Wildman–Crippen MR) is 68.5 cm³/mol. The number of nitrogens with two attached hydrogens (primary N) is 1. The summed E-state index contributed by atoms with van der Waals surface area (Å²) in [7, 11) is 0. The van der Waals surface area contributed by atoms with E-state index in [0.29, 0.717) is 6.54 Å². The smallest absolute Gasteiger partial charge is 0.326 e. The van der Waals surface area contributed by atoms with Crippen molar-refractivity contribution < 1.29 is 13.2 Å². The maximum Gasteiger partial charge on any atom is 0.405 e. The van der Waals surface area contributed by atoms with Crippen molar-refractivity contribution in [1.29, 1.82) is 0 Å². The lowest BCUT2D eigenvalue weighted by molar-refractivity contribution is -0.191. The first-order valence-corrected chi connectivity index (χ1v) is 6.51. The Morgan fingerprint density at radius 1 is 1.26 bits per heavy atom. The summed E-state index contributed by atoms with van der Waals surface area (Å²) in [6, 6.07) is 6.76. The van der Waals surface area contributed by atoms with Crippen molar-refractivity contribution in [2.75, 3.05) is 0 Å². The summed E-state index contributed by atoms with van der Waals surface area (Å²) >= 11 is 0. The zero-order chi connectivity index (χ0) is 14.0. The SMILES string of the molecule is CC(N)C(N(Cc1ccccc1)C1CC1)C(F)(F)F. The van der Waals surface area contributed by atoms with E-state index in [4.69, 9.17) is 5.73 Å². The predicted octanol–water partition coefficient (Wildman–Crippen LogP) is 2.93. The molecule has 1 fully saturated rings. The Hall–Kier alpha value is -1.07. The maximum atomic E-state index is 13.2. The topological polar surface area (TPSA) is 29.3 Å². The van der Waals surface area contributed by atoms with Crippen LogP contribution in [0.25, 0.3) is 0 Å². The summed E-state index contributed by atoms with van der Waals surface area (Å²) < 4.78 is 39.6. The molecule has 1 aliphatic rings. The number of rotatable bonds is 5. The van der Waals surface area contributed by atoms with Crippen LogP contribution in [0.5, 0.6) is 0 Å². The van der Waals surface area contributed by atoms with E-state index < -0.39 is 18.3 Å². The minimum atomic E-state index is -4.29. The van der Waals surface area contributed by atoms with E-state index >= 15 is 0 Å². The van der Waals surface area contributed by atoms with Crippen LogP contribution in [-0.2, 0) is 6.54 Å². The zero-order valence-electron chi connectivity index (χ0n) is 10.9. The second kappa shape index (κ2) is 5.51. The van der Waals surface area contributed by atoms with Gasteiger partial charge in [0.25, 0.3) is 0 Å². The molecule has 2 atom stereocenters. The van der Waals surface area contributed by atoms with Gasteiger partial charge >= 0.3 is 6.18 Å². The fourth-order valence-corrected chi connectivity index (χ4v) is 2.44. The van der Waals surface area contributed by atoms with Crippen molar-refractivity contribution in [1.82, 2.24) is 4.90 Å². The van der Waals surface area contributed by atoms with E-state index in [1.807, 2.05) is 30.3 Å². The highest BCUT2D eigenvalue weighted by molar-refractivity contribution is 5.15. The van der Waals surface area contributed by atoms with Crippen LogP contribution in [0.4, 0.5) is 13.2 Å². The van der Waals surface area contributed by atoms with E-state index in [0.717, 1.165) is 18.4 Å². The molecular formula is C14H19F3N2. The normalized spacial score (nSPS) is 19.5. The monoisotopic (exact) mass is 272 g/mol. The van der Waals surface area contributed by atoms with Gasteiger partial charge in [-0.1, -0.05) is 30.3 Å². The molecule has 0 amide bonds. The Labute approximate surface area is 111 Å². The first-order chi connectivity index (χ1) is 8.89. The Kier molecular flexibility index (Phi) is 4.16. The fraction of sp³-hybridized carbons (Fsp3) is 0.571. The van der Waals surface area contributed by atoms with E-state index in [9.17, 15) is 13.2 Å². The highest BCUT2D eigenvalue weighted by Crippen LogP contribution is 2.36. The van der Waals surface area contributed by atoms with Gasteiger partial charge in [-0.15, -0.1) is 0 Å². The Bertz CT molecular complexity index is 399. The third-order valence-corrected chi connectivity index (χ3v) is 3.41. The molecule has 0 radical (unpaired) electrons. The van der Waals surface area contributed by atoms with Gasteiger partial charge in [0.2, 0.25) is 0 Å². The average molecular weight is 272 g/mol. The fourth-order valence-electron chi connectivity index (χ4n) is 2.44. The summed E-state index contributed by atoms with van der Waals surface area (Å²) in [4.78, 5) is 1.51. The number of halogens is 3. The number of hydrogen-bond acceptors (Lipinski definition) is 2. The maximum absolute atomic E-state index is 13.2. The minimum absolute atomic E-state index is 0.0119. The highest BCUT2D eigenvalue weighted by Gasteiger charge is 2.49. The van der Waals surface area contributed by atoms with Gasteiger partial charge in [-0.2, -0.15) is 13.2 Å². The van der Waals surface area contributed by atoms with Gasteiger partial charge in [-0.25, -0.2) is 0 Å². The van der Waals surface area contributed by atoms with Crippen molar-refractivity contribution in [2.24, 2.45) is 5.73 Å². The molecular weight excluding hydrogens is 253 g/mol. The first-order valence-electron chi connectivity index (χ1n) is 6.51. The van der Waals surface area contributed by atoms with E-state index in [-0.39, 0.29) is 6.04 Å². The second-order valence-electron chi connectivity index (χ2n) is 5.23. The Morgan fingerprint density at radius 2 is 1.84 bits per heavy atom. The van der Waals surface area contributed by atoms with Gasteiger partial charge in [-0.3, -0.25) is 4.90 Å². The molecule has 1 aromatic carbocycles. The standard InChI is InChI=1S/C14H19F3N2/c1-10(18)13(14(15,16)17)19(12-7-8-12)9-11-5-3-2-4-6-11/h2-6,10,12-13H,7-9,18H2,1H3. The van der Waals surface area contributed by atoms with Crippen molar-refractivity contribution in [2.45, 2.75) is 50.6 Å². The summed E-state index contributed by atoms with van der Waals surface area (Å²) in [5.41, 5.74) is 6.47. The van der Waals surface area contributed by atoms with Crippen LogP contribution < -0.4 is 5.73 Å². The van der Waals surface area contributed by atoms with Gasteiger partial charge in [-0.05, 0) is 25.3 Å². The third-order valence-electron chi connectivity index (χ3n) is 3.41. The van der Waals surface area contributed by atoms with Crippen LogP contribution in [0.1, 0.15) is 25.3 Å². The molecule has 0 bridgehead atoms. The van der Waals surface area contributed by atoms with E-state index in [1.165, 1.54) is 11.8 Å². The molecule has 2 nitrogen and oxygen atoms in total. The zero-order valence-corrected chi connectivity index (χ0v) is 10.9. The van der Waals surface area contributed by atoms with Crippen molar-refractivity contribution in [3.8, 4) is 0 Å². The third kappa shape index (κ3) is 3.70. The van der Waals surface area contributed by atoms with Crippen molar-refractivity contribution in [3.63, 3.8) is 0 Å². The number of alkyl halides is 3. The lowest BCUT2D eigenvalue weighted by atomic mass is 10.1. The van der Waals surface area contributed by atoms with E-state index in [2.05, 4.69) is 0 Å². The summed E-state index contributed by atoms with van der Waals surface area (Å²) in [5, 5.41) is 0. The highest BCUT2D eigenvalue weighted by atomic mass is 19.4. The summed E-state index contributed by atoms with van der Waals surface area (Å²) in [6.45, 7) is 1.73. The Balaban J connectivity index is 2.19. The largest absolute Gasteiger partial charge is 0.405 e.